The molecule has 6 heterocycles. The van der Waals surface area contributed by atoms with Crippen molar-refractivity contribution in [1.82, 2.24) is 49.7 Å². The summed E-state index contributed by atoms with van der Waals surface area (Å²) >= 11 is 5.12. The summed E-state index contributed by atoms with van der Waals surface area (Å²) in [6.45, 7) is -0.538. The van der Waals surface area contributed by atoms with Crippen molar-refractivity contribution in [3.8, 4) is 0 Å². The fourth-order valence-corrected chi connectivity index (χ4v) is 13.4. The van der Waals surface area contributed by atoms with Gasteiger partial charge >= 0.3 is 47.8 Å². The number of aliphatic carboxylic acids is 8. The zero-order chi connectivity index (χ0) is 78.5. The molecule has 1 unspecified atom stereocenters. The number of carbonyl (C=O) groups excluding carboxylic acids is 2. The molecule has 0 aliphatic carbocycles. The third-order valence-corrected chi connectivity index (χ3v) is 20.3. The summed E-state index contributed by atoms with van der Waals surface area (Å²) in [6, 6.07) is -6.19. The molecule has 0 spiro atoms. The van der Waals surface area contributed by atoms with Gasteiger partial charge in [0.15, 0.2) is 35.4 Å². The van der Waals surface area contributed by atoms with E-state index in [-0.39, 0.29) is 63.5 Å². The molecule has 4 aromatic rings. The number of fused-ring (bicyclic) bond motifs is 2. The molecule has 0 radical (unpaired) electrons. The van der Waals surface area contributed by atoms with Gasteiger partial charge in [0.25, 0.3) is 0 Å². The van der Waals surface area contributed by atoms with Crippen molar-refractivity contribution in [3.63, 3.8) is 0 Å². The standard InChI is InChI=1S/C15H22N6O5S.C14H20N6O5S.C11H19N3O6S.C6H15NO2S.C5H9NO4S.C4H9NO2S/c1-27(3-2-7(16)15(24)25)4-8-10(22)11(23)14(26-8)21-6-20-9-12(17)18-5-19-13(9)21;15-6(14(23)24)1-2-26-3-7-9(21)10(22)13(25-7)20-5-19-8-11(16)17-4-18-12(8)20;1-21-5-7(10(18)13-4-9(16)17)14-8(15)3-2-6(12)11(19)20;1-10(2)4-3-5(7)6(8)9;6-3(5(9)10)1-11-2-4(7)8;1-8-2-3(5)4(6)7/h5-8,10-11,14,22-23H,2-4,16H2,1H3,(H2-,17,18,19,24,25);4-7,9-10,13,21-22H,1-3,15H2,(H,23,24)(H2,16,17,18);6-7H,2-5,12H2,1H3,(H,13,18)(H,14,15)(H,16,17)(H,19,20);5,10H,3-4,7H2,1-2H3,(H,8,9);3H,1-2,6H2,(H,7,8)(H,9,10);3H,2,5H2,1H3,(H,6,7)/p+1/t7-,8+,10+,11+,14+,27?;6-,7+,9+,10+,13+;6-,7-;5-;2*3-/m000000/s1. The Morgan fingerprint density at radius 1 is 0.563 bits per heavy atom. The molecule has 584 valence electrons. The quantitative estimate of drug-likeness (QED) is 0.0114. The van der Waals surface area contributed by atoms with Gasteiger partial charge < -0.3 is 127 Å². The summed E-state index contributed by atoms with van der Waals surface area (Å²) in [6.07, 6.45) is 8.76. The molecule has 103 heavy (non-hydrogen) atoms. The average Bonchev–Trinajstić information content (AvgIpc) is 1.63. The first-order valence-corrected chi connectivity index (χ1v) is 39.9. The molecule has 2 fully saturated rings. The van der Waals surface area contributed by atoms with E-state index in [9.17, 15) is 68.4 Å². The number of carboxylic acids is 8. The molecule has 42 nitrogen and oxygen atoms in total. The van der Waals surface area contributed by atoms with Gasteiger partial charge in [0.2, 0.25) is 11.8 Å². The number of imidazole rings is 2. The molecule has 2 aliphatic heterocycles. The van der Waals surface area contributed by atoms with Crippen LogP contribution in [0.4, 0.5) is 11.6 Å². The Bertz CT molecular complexity index is 3340. The van der Waals surface area contributed by atoms with Crippen LogP contribution in [0.5, 0.6) is 0 Å². The highest BCUT2D eigenvalue weighted by Crippen LogP contribution is 2.35. The van der Waals surface area contributed by atoms with E-state index in [1.807, 2.05) is 12.5 Å². The maximum absolute atomic E-state index is 11.7. The lowest BCUT2D eigenvalue weighted by Crippen LogP contribution is -2.49. The number of nitrogens with one attached hydrogen (secondary N) is 2. The Balaban J connectivity index is 0.000000653. The molecular formula is C55H95N18O24S6+. The third-order valence-electron chi connectivity index (χ3n) is 13.8. The molecule has 2 aliphatic rings. The van der Waals surface area contributed by atoms with Crippen molar-refractivity contribution >= 4 is 162 Å². The molecule has 6 rings (SSSR count). The number of ether oxygens (including phenoxy) is 2. The van der Waals surface area contributed by atoms with Gasteiger partial charge in [-0.05, 0) is 66.7 Å². The lowest BCUT2D eigenvalue weighted by molar-refractivity contribution is -0.139. The van der Waals surface area contributed by atoms with Gasteiger partial charge in [-0.3, -0.25) is 68.0 Å². The molecule has 48 heteroatoms. The number of hydrogen-bond acceptors (Lipinski definition) is 34. The summed E-state index contributed by atoms with van der Waals surface area (Å²) in [4.78, 5) is 130. The number of anilines is 2. The van der Waals surface area contributed by atoms with Crippen molar-refractivity contribution < 1.29 is 119 Å². The normalized spacial score (nSPS) is 20.5. The lowest BCUT2D eigenvalue weighted by atomic mass is 10.1. The average molecular weight is 1580 g/mol. The molecule has 2 amide bonds. The lowest BCUT2D eigenvalue weighted by Gasteiger charge is -2.17. The van der Waals surface area contributed by atoms with Crippen LogP contribution in [-0.4, -0.2) is 328 Å². The topological polar surface area (TPSA) is 751 Å². The Morgan fingerprint density at radius 3 is 1.44 bits per heavy atom. The number of carbonyl (C=O) groups is 10. The van der Waals surface area contributed by atoms with Crippen molar-refractivity contribution in [2.24, 2.45) is 34.4 Å². The van der Waals surface area contributed by atoms with E-state index in [1.54, 1.807) is 6.26 Å². The number of hydrogen-bond donors (Lipinski definition) is 23. The number of amides is 2. The molecule has 0 saturated carbocycles. The van der Waals surface area contributed by atoms with Crippen LogP contribution in [0.25, 0.3) is 22.3 Å². The minimum atomic E-state index is -1.21. The van der Waals surface area contributed by atoms with Crippen LogP contribution in [0.15, 0.2) is 25.3 Å². The van der Waals surface area contributed by atoms with Gasteiger partial charge in [0.05, 0.1) is 30.8 Å². The first-order chi connectivity index (χ1) is 48.2. The monoisotopic (exact) mass is 1580 g/mol. The van der Waals surface area contributed by atoms with Gasteiger partial charge in [0, 0.05) is 35.9 Å². The Labute approximate surface area is 611 Å². The molecule has 0 aromatic carbocycles. The van der Waals surface area contributed by atoms with Crippen LogP contribution in [-0.2, 0) is 68.3 Å². The Morgan fingerprint density at radius 2 is 1.00 bits per heavy atom. The van der Waals surface area contributed by atoms with E-state index in [0.29, 0.717) is 70.4 Å². The summed E-state index contributed by atoms with van der Waals surface area (Å²) in [5.41, 5.74) is 44.8. The van der Waals surface area contributed by atoms with E-state index in [1.165, 1.54) is 69.7 Å². The fraction of sp³-hybridized carbons (Fsp3) is 0.636. The van der Waals surface area contributed by atoms with Gasteiger partial charge in [-0.1, -0.05) is 0 Å². The fourth-order valence-electron chi connectivity index (χ4n) is 8.08. The highest BCUT2D eigenvalue weighted by Gasteiger charge is 2.47. The van der Waals surface area contributed by atoms with Crippen molar-refractivity contribution in [2.75, 3.05) is 101 Å². The minimum Gasteiger partial charge on any atom is -0.481 e. The summed E-state index contributed by atoms with van der Waals surface area (Å²) in [5, 5.41) is 114. The second-order valence-electron chi connectivity index (χ2n) is 22.4. The number of nitrogens with zero attached hydrogens (tertiary/aromatic N) is 8. The first-order valence-electron chi connectivity index (χ1n) is 30.4. The van der Waals surface area contributed by atoms with Crippen molar-refractivity contribution in [2.45, 2.75) is 123 Å². The van der Waals surface area contributed by atoms with Gasteiger partial charge in [-0.15, -0.1) is 11.8 Å². The summed E-state index contributed by atoms with van der Waals surface area (Å²) in [7, 11) is -0.236. The van der Waals surface area contributed by atoms with E-state index in [2.05, 4.69) is 53.0 Å². The summed E-state index contributed by atoms with van der Waals surface area (Å²) in [5.74, 6) is -5.41. The number of carboxylic acid groups (broad SMARTS) is 8. The maximum atomic E-state index is 11.7. The third kappa shape index (κ3) is 34.7. The summed E-state index contributed by atoms with van der Waals surface area (Å²) < 4.78 is 14.7. The molecule has 30 N–H and O–H groups in total. The van der Waals surface area contributed by atoms with Crippen molar-refractivity contribution in [1.29, 1.82) is 0 Å². The highest BCUT2D eigenvalue weighted by molar-refractivity contribution is 8.15. The van der Waals surface area contributed by atoms with E-state index in [4.69, 9.17) is 96.2 Å². The Kier molecular flexibility index (Phi) is 44.7. The van der Waals surface area contributed by atoms with Crippen molar-refractivity contribution in [3.05, 3.63) is 25.3 Å². The van der Waals surface area contributed by atoms with Crippen LogP contribution in [0, 0.1) is 0 Å². The number of nitrogens with two attached hydrogens (primary N) is 8. The van der Waals surface area contributed by atoms with Crippen LogP contribution >= 0.6 is 57.9 Å². The predicted molar refractivity (Wildman–Crippen MR) is 388 cm³/mol. The van der Waals surface area contributed by atoms with Crippen LogP contribution < -0.4 is 56.5 Å². The zero-order valence-corrected chi connectivity index (χ0v) is 61.5. The Hall–Kier alpha value is -6.98. The first kappa shape index (κ1) is 94.0. The molecule has 16 atom stereocenters. The zero-order valence-electron chi connectivity index (χ0n) is 56.5. The number of aromatic nitrogens is 8. The maximum Gasteiger partial charge on any atom is 0.322 e. The second kappa shape index (κ2) is 48.9. The minimum absolute atomic E-state index is 0.00108. The van der Waals surface area contributed by atoms with E-state index >= 15 is 0 Å². The number of thiol groups is 1. The predicted octanol–water partition coefficient (Wildman–Crippen LogP) is -6.11. The van der Waals surface area contributed by atoms with Gasteiger partial charge in [-0.25, -0.2) is 29.9 Å². The molecular weight excluding hydrogens is 1490 g/mol. The number of aliphatic hydroxyl groups excluding tert-OH is 4. The number of nitrogen functional groups attached to an aromatic ring is 2. The highest BCUT2D eigenvalue weighted by atomic mass is 32.2. The van der Waals surface area contributed by atoms with Gasteiger partial charge in [-0.2, -0.15) is 35.3 Å². The second-order valence-corrected chi connectivity index (χ2v) is 31.3. The largest absolute Gasteiger partial charge is 0.481 e. The number of rotatable bonds is 36. The van der Waals surface area contributed by atoms with Gasteiger partial charge in [0.1, 0.15) is 115 Å². The number of aliphatic hydroxyl groups is 4. The molecule has 0 bridgehead atoms. The molecule has 2 saturated heterocycles. The van der Waals surface area contributed by atoms with Crippen LogP contribution in [0.1, 0.15) is 44.6 Å². The van der Waals surface area contributed by atoms with Crippen LogP contribution in [0.3, 0.4) is 0 Å². The smallest absolute Gasteiger partial charge is 0.322 e. The van der Waals surface area contributed by atoms with E-state index in [0.717, 1.165) is 17.5 Å². The van der Waals surface area contributed by atoms with Crippen LogP contribution in [0.2, 0.25) is 0 Å². The molecule has 4 aromatic heterocycles. The van der Waals surface area contributed by atoms with E-state index < -0.39 is 157 Å². The number of thioether (sulfide) groups is 4. The SMILES string of the molecule is CSC[C@H](N)C(=O)O.CSC[C@H](NC(=O)CC[C@H](N)C(=O)O)C(=O)NCC(=O)O.C[S+](CC[C@H](N)C(=O)O)C[C@H]1O[C@@H](n2cnc3c(N)ncnc32)[C@H](O)[C@@H]1O.C[SH](C)CC[C@H](N)C(=O)O.N[C@@H](CSCC(=O)O)C(=O)O.Nc1ncnc2c1ncn2[C@@H]1O[C@H](CSCC[C@H](N)C(=O)O)[C@@H](O)[C@H]1O.